The molecule has 0 aliphatic rings. The molecule has 0 unspecified atom stereocenters. The van der Waals surface area contributed by atoms with Gasteiger partial charge in [-0.2, -0.15) is 0 Å². The second kappa shape index (κ2) is 9.01. The summed E-state index contributed by atoms with van der Waals surface area (Å²) >= 11 is 0. The van der Waals surface area contributed by atoms with E-state index in [0.29, 0.717) is 0 Å². The van der Waals surface area contributed by atoms with E-state index in [9.17, 15) is 4.79 Å². The van der Waals surface area contributed by atoms with Gasteiger partial charge >= 0.3 is 6.09 Å². The Morgan fingerprint density at radius 2 is 1.78 bits per heavy atom. The zero-order valence-electron chi connectivity index (χ0n) is 18.5. The van der Waals surface area contributed by atoms with Crippen LogP contribution in [-0.4, -0.2) is 32.3 Å². The molecular weight excluding hydrogens is 406 g/mol. The molecule has 0 saturated carbocycles. The number of carbonyl (C=O) groups is 1. The number of amides is 1. The third-order valence-corrected chi connectivity index (χ3v) is 5.27. The summed E-state index contributed by atoms with van der Waals surface area (Å²) in [4.78, 5) is 16.3. The first-order valence-corrected chi connectivity index (χ1v) is 10.2. The third-order valence-electron chi connectivity index (χ3n) is 5.27. The minimum Gasteiger partial charge on any atom is -0.497 e. The number of nitrogens with one attached hydrogen (secondary N) is 2. The third kappa shape index (κ3) is 4.23. The summed E-state index contributed by atoms with van der Waals surface area (Å²) in [6, 6.07) is 17.6. The summed E-state index contributed by atoms with van der Waals surface area (Å²) in [7, 11) is 4.84. The maximum Gasteiger partial charge on any atom is 0.407 e. The second-order valence-corrected chi connectivity index (χ2v) is 7.36. The quantitative estimate of drug-likeness (QED) is 0.403. The number of aryl methyl sites for hydroxylation is 1. The number of pyridine rings is 1. The SMILES string of the molecule is CNC(=O)OCc1cccc(Nc2c3cc(OC)ccc3nc3cc(OC)c(C)cc23)c1. The standard InChI is InChI=1S/C25H25N3O4/c1-15-10-19-22(13-23(15)31-4)28-21-9-8-18(30-3)12-20(21)24(19)27-17-7-5-6-16(11-17)14-32-25(29)26-2/h5-13H,14H2,1-4H3,(H,26,29)(H,27,28). The lowest BCUT2D eigenvalue weighted by Gasteiger charge is -2.16. The molecule has 0 atom stereocenters. The van der Waals surface area contributed by atoms with Crippen molar-refractivity contribution < 1.29 is 19.0 Å². The van der Waals surface area contributed by atoms with Gasteiger partial charge in [-0.15, -0.1) is 0 Å². The van der Waals surface area contributed by atoms with E-state index in [0.717, 1.165) is 55.8 Å². The highest BCUT2D eigenvalue weighted by molar-refractivity contribution is 6.09. The molecule has 0 spiro atoms. The number of alkyl carbamates (subject to hydrolysis) is 1. The largest absolute Gasteiger partial charge is 0.497 e. The van der Waals surface area contributed by atoms with Crippen LogP contribution in [0.4, 0.5) is 16.2 Å². The number of carbonyl (C=O) groups excluding carboxylic acids is 1. The molecule has 0 fully saturated rings. The van der Waals surface area contributed by atoms with Gasteiger partial charge in [0.05, 0.1) is 30.9 Å². The minimum absolute atomic E-state index is 0.178. The van der Waals surface area contributed by atoms with Crippen LogP contribution in [0.1, 0.15) is 11.1 Å². The molecule has 4 aromatic rings. The Kier molecular flexibility index (Phi) is 5.98. The van der Waals surface area contributed by atoms with E-state index in [-0.39, 0.29) is 6.61 Å². The van der Waals surface area contributed by atoms with Gasteiger partial charge in [-0.3, -0.25) is 0 Å². The first-order valence-electron chi connectivity index (χ1n) is 10.2. The van der Waals surface area contributed by atoms with Gasteiger partial charge in [0.1, 0.15) is 18.1 Å². The van der Waals surface area contributed by atoms with E-state index in [1.807, 2.05) is 55.5 Å². The molecular formula is C25H25N3O4. The lowest BCUT2D eigenvalue weighted by molar-refractivity contribution is 0.142. The van der Waals surface area contributed by atoms with Crippen molar-refractivity contribution in [3.63, 3.8) is 0 Å². The summed E-state index contributed by atoms with van der Waals surface area (Å²) in [6.07, 6.45) is -0.467. The monoisotopic (exact) mass is 431 g/mol. The van der Waals surface area contributed by atoms with Crippen molar-refractivity contribution in [3.8, 4) is 11.5 Å². The van der Waals surface area contributed by atoms with Gasteiger partial charge < -0.3 is 24.8 Å². The molecule has 32 heavy (non-hydrogen) atoms. The second-order valence-electron chi connectivity index (χ2n) is 7.36. The van der Waals surface area contributed by atoms with Crippen molar-refractivity contribution >= 4 is 39.3 Å². The van der Waals surface area contributed by atoms with Gasteiger partial charge in [0.25, 0.3) is 0 Å². The van der Waals surface area contributed by atoms with Gasteiger partial charge in [0, 0.05) is 29.6 Å². The Morgan fingerprint density at radius 3 is 2.53 bits per heavy atom. The molecule has 1 amide bonds. The van der Waals surface area contributed by atoms with Gasteiger partial charge in [-0.1, -0.05) is 12.1 Å². The average molecular weight is 431 g/mol. The van der Waals surface area contributed by atoms with Crippen molar-refractivity contribution in [2.24, 2.45) is 0 Å². The van der Waals surface area contributed by atoms with Crippen molar-refractivity contribution in [2.75, 3.05) is 26.6 Å². The number of aromatic nitrogens is 1. The fourth-order valence-electron chi connectivity index (χ4n) is 3.64. The molecule has 0 radical (unpaired) electrons. The van der Waals surface area contributed by atoms with Crippen LogP contribution in [0.25, 0.3) is 21.8 Å². The number of hydrogen-bond acceptors (Lipinski definition) is 6. The molecule has 0 aliphatic heterocycles. The smallest absolute Gasteiger partial charge is 0.407 e. The Hall–Kier alpha value is -4.00. The lowest BCUT2D eigenvalue weighted by atomic mass is 10.0. The van der Waals surface area contributed by atoms with E-state index < -0.39 is 6.09 Å². The van der Waals surface area contributed by atoms with Crippen LogP contribution in [0, 0.1) is 6.92 Å². The van der Waals surface area contributed by atoms with Gasteiger partial charge in [-0.25, -0.2) is 9.78 Å². The molecule has 164 valence electrons. The molecule has 2 N–H and O–H groups in total. The van der Waals surface area contributed by atoms with Crippen molar-refractivity contribution in [2.45, 2.75) is 13.5 Å². The Balaban J connectivity index is 1.84. The number of benzene rings is 3. The first-order chi connectivity index (χ1) is 15.5. The number of anilines is 2. The van der Waals surface area contributed by atoms with Crippen molar-refractivity contribution in [1.29, 1.82) is 0 Å². The van der Waals surface area contributed by atoms with Gasteiger partial charge in [0.15, 0.2) is 0 Å². The maximum absolute atomic E-state index is 11.4. The van der Waals surface area contributed by atoms with Crippen LogP contribution >= 0.6 is 0 Å². The van der Waals surface area contributed by atoms with Crippen LogP contribution in [0.3, 0.4) is 0 Å². The summed E-state index contributed by atoms with van der Waals surface area (Å²) in [5.41, 5.74) is 5.33. The van der Waals surface area contributed by atoms with Crippen LogP contribution in [-0.2, 0) is 11.3 Å². The first kappa shape index (κ1) is 21.2. The van der Waals surface area contributed by atoms with Crippen molar-refractivity contribution in [3.05, 3.63) is 65.7 Å². The Bertz CT molecular complexity index is 1300. The van der Waals surface area contributed by atoms with E-state index in [1.165, 1.54) is 7.05 Å². The molecule has 4 rings (SSSR count). The summed E-state index contributed by atoms with van der Waals surface area (Å²) < 4.78 is 16.1. The Labute approximate surface area is 186 Å². The average Bonchev–Trinajstić information content (AvgIpc) is 2.82. The van der Waals surface area contributed by atoms with Crippen LogP contribution in [0.2, 0.25) is 0 Å². The predicted octanol–water partition coefficient (Wildman–Crippen LogP) is 5.31. The normalized spacial score (nSPS) is 10.8. The topological polar surface area (TPSA) is 81.7 Å². The highest BCUT2D eigenvalue weighted by atomic mass is 16.5. The predicted molar refractivity (Wildman–Crippen MR) is 126 cm³/mol. The summed E-state index contributed by atoms with van der Waals surface area (Å²) in [5, 5.41) is 7.91. The fraction of sp³-hybridized carbons (Fsp3) is 0.200. The van der Waals surface area contributed by atoms with Crippen LogP contribution < -0.4 is 20.1 Å². The lowest BCUT2D eigenvalue weighted by Crippen LogP contribution is -2.18. The fourth-order valence-corrected chi connectivity index (χ4v) is 3.64. The number of ether oxygens (including phenoxy) is 3. The van der Waals surface area contributed by atoms with Gasteiger partial charge in [0.2, 0.25) is 0 Å². The molecule has 1 aromatic heterocycles. The minimum atomic E-state index is -0.467. The highest BCUT2D eigenvalue weighted by Crippen LogP contribution is 2.37. The van der Waals surface area contributed by atoms with E-state index >= 15 is 0 Å². The molecule has 7 nitrogen and oxygen atoms in total. The van der Waals surface area contributed by atoms with Gasteiger partial charge in [-0.05, 0) is 54.4 Å². The molecule has 7 heteroatoms. The van der Waals surface area contributed by atoms with Crippen LogP contribution in [0.15, 0.2) is 54.6 Å². The van der Waals surface area contributed by atoms with E-state index in [1.54, 1.807) is 14.2 Å². The number of nitrogens with zero attached hydrogens (tertiary/aromatic N) is 1. The molecule has 3 aromatic carbocycles. The maximum atomic E-state index is 11.4. The van der Waals surface area contributed by atoms with Crippen LogP contribution in [0.5, 0.6) is 11.5 Å². The summed E-state index contributed by atoms with van der Waals surface area (Å²) in [5.74, 6) is 1.54. The molecule has 0 aliphatic carbocycles. The molecule has 1 heterocycles. The summed E-state index contributed by atoms with van der Waals surface area (Å²) in [6.45, 7) is 2.19. The van der Waals surface area contributed by atoms with E-state index in [2.05, 4.69) is 16.7 Å². The number of rotatable bonds is 6. The molecule has 0 bridgehead atoms. The molecule has 0 saturated heterocycles. The van der Waals surface area contributed by atoms with Crippen molar-refractivity contribution in [1.82, 2.24) is 10.3 Å². The number of methoxy groups -OCH3 is 2. The van der Waals surface area contributed by atoms with E-state index in [4.69, 9.17) is 19.2 Å². The number of hydrogen-bond donors (Lipinski definition) is 2. The zero-order valence-corrected chi connectivity index (χ0v) is 18.5. The Morgan fingerprint density at radius 1 is 0.969 bits per heavy atom. The highest BCUT2D eigenvalue weighted by Gasteiger charge is 2.14. The zero-order chi connectivity index (χ0) is 22.7. The number of fused-ring (bicyclic) bond motifs is 2.